The summed E-state index contributed by atoms with van der Waals surface area (Å²) in [5, 5.41) is 21.7. The van der Waals surface area contributed by atoms with Crippen LogP contribution in [0.15, 0.2) is 18.2 Å². The minimum absolute atomic E-state index is 0.00337. The van der Waals surface area contributed by atoms with Crippen LogP contribution >= 0.6 is 0 Å². The number of ketones is 1. The largest absolute Gasteiger partial charge is 0.465 e. The summed E-state index contributed by atoms with van der Waals surface area (Å²) in [6.45, 7) is 2.62. The van der Waals surface area contributed by atoms with Crippen LogP contribution in [0.4, 0.5) is 11.4 Å². The normalized spacial score (nSPS) is 11.5. The highest BCUT2D eigenvalue weighted by molar-refractivity contribution is 6.04. The number of benzene rings is 1. The lowest BCUT2D eigenvalue weighted by atomic mass is 9.93. The first kappa shape index (κ1) is 16.2. The van der Waals surface area contributed by atoms with Gasteiger partial charge >= 0.3 is 5.97 Å². The van der Waals surface area contributed by atoms with E-state index < -0.39 is 38.9 Å². The van der Waals surface area contributed by atoms with Crippen molar-refractivity contribution in [3.8, 4) is 0 Å². The van der Waals surface area contributed by atoms with Crippen molar-refractivity contribution < 1.29 is 24.2 Å². The van der Waals surface area contributed by atoms with Gasteiger partial charge in [-0.1, -0.05) is 0 Å². The molecule has 0 unspecified atom stereocenters. The van der Waals surface area contributed by atoms with E-state index in [0.717, 1.165) is 19.1 Å². The van der Waals surface area contributed by atoms with E-state index in [1.54, 1.807) is 0 Å². The van der Waals surface area contributed by atoms with Crippen LogP contribution in [0, 0.1) is 20.2 Å². The number of hydrogen-bond acceptors (Lipinski definition) is 7. The average molecular weight is 296 g/mol. The van der Waals surface area contributed by atoms with Gasteiger partial charge in [0.05, 0.1) is 28.1 Å². The lowest BCUT2D eigenvalue weighted by Gasteiger charge is -2.12. The molecular formula is C12H12N2O7. The number of esters is 1. The predicted molar refractivity (Wildman–Crippen MR) is 69.8 cm³/mol. The highest BCUT2D eigenvalue weighted by Crippen LogP contribution is 2.31. The zero-order valence-electron chi connectivity index (χ0n) is 11.3. The van der Waals surface area contributed by atoms with E-state index in [2.05, 4.69) is 0 Å². The Morgan fingerprint density at radius 3 is 2.29 bits per heavy atom. The number of ether oxygens (including phenoxy) is 1. The molecule has 0 aliphatic carbocycles. The number of hydrogen-bond donors (Lipinski definition) is 0. The molecule has 1 rings (SSSR count). The molecule has 0 fully saturated rings. The first-order chi connectivity index (χ1) is 9.79. The van der Waals surface area contributed by atoms with Gasteiger partial charge in [-0.25, -0.2) is 0 Å². The summed E-state index contributed by atoms with van der Waals surface area (Å²) in [5.74, 6) is -3.06. The Morgan fingerprint density at radius 2 is 1.86 bits per heavy atom. The van der Waals surface area contributed by atoms with Gasteiger partial charge in [0.1, 0.15) is 11.7 Å². The summed E-state index contributed by atoms with van der Waals surface area (Å²) in [6, 6.07) is 2.74. The second-order valence-electron chi connectivity index (χ2n) is 4.05. The minimum Gasteiger partial charge on any atom is -0.465 e. The number of nitrogens with zero attached hydrogens (tertiary/aromatic N) is 2. The van der Waals surface area contributed by atoms with E-state index in [-0.39, 0.29) is 12.2 Å². The second kappa shape index (κ2) is 6.55. The molecule has 1 atom stereocenters. The fourth-order valence-electron chi connectivity index (χ4n) is 1.79. The molecule has 9 nitrogen and oxygen atoms in total. The van der Waals surface area contributed by atoms with Crippen LogP contribution in [0.5, 0.6) is 0 Å². The molecule has 0 aromatic heterocycles. The lowest BCUT2D eigenvalue weighted by molar-refractivity contribution is -0.394. The van der Waals surface area contributed by atoms with E-state index >= 15 is 0 Å². The Kier molecular flexibility index (Phi) is 5.06. The molecule has 21 heavy (non-hydrogen) atoms. The minimum atomic E-state index is -1.48. The third-order valence-electron chi connectivity index (χ3n) is 2.66. The maximum atomic E-state index is 11.8. The van der Waals surface area contributed by atoms with Crippen LogP contribution in [-0.2, 0) is 14.3 Å². The molecule has 0 amide bonds. The Labute approximate surface area is 118 Å². The zero-order valence-corrected chi connectivity index (χ0v) is 11.3. The molecule has 1 aromatic rings. The zero-order chi connectivity index (χ0) is 16.2. The number of Topliss-reactive ketones (excluding diaryl/α,β-unsaturated/α-hetero) is 1. The topological polar surface area (TPSA) is 130 Å². The third-order valence-corrected chi connectivity index (χ3v) is 2.66. The SMILES string of the molecule is CCOC(=O)[C@@H](C(C)=O)c1ccc([N+](=O)[O-])cc1[N+](=O)[O-]. The number of carbonyl (C=O) groups is 2. The second-order valence-corrected chi connectivity index (χ2v) is 4.05. The van der Waals surface area contributed by atoms with Gasteiger partial charge in [0.25, 0.3) is 11.4 Å². The molecule has 0 aliphatic rings. The molecule has 1 aromatic carbocycles. The van der Waals surface area contributed by atoms with Gasteiger partial charge in [0, 0.05) is 6.07 Å². The van der Waals surface area contributed by atoms with Gasteiger partial charge in [0.15, 0.2) is 0 Å². The highest BCUT2D eigenvalue weighted by Gasteiger charge is 2.34. The van der Waals surface area contributed by atoms with E-state index in [4.69, 9.17) is 4.74 Å². The van der Waals surface area contributed by atoms with Gasteiger partial charge in [-0.15, -0.1) is 0 Å². The fraction of sp³-hybridized carbons (Fsp3) is 0.333. The molecule has 0 radical (unpaired) electrons. The summed E-state index contributed by atoms with van der Waals surface area (Å²) in [7, 11) is 0. The van der Waals surface area contributed by atoms with E-state index in [1.807, 2.05) is 0 Å². The molecule has 0 saturated heterocycles. The first-order valence-corrected chi connectivity index (χ1v) is 5.89. The van der Waals surface area contributed by atoms with E-state index in [0.29, 0.717) is 6.07 Å². The lowest BCUT2D eigenvalue weighted by Crippen LogP contribution is -2.23. The summed E-state index contributed by atoms with van der Waals surface area (Å²) >= 11 is 0. The number of non-ortho nitro benzene ring substituents is 1. The average Bonchev–Trinajstić information content (AvgIpc) is 2.38. The van der Waals surface area contributed by atoms with Gasteiger partial charge < -0.3 is 4.74 Å². The van der Waals surface area contributed by atoms with Crippen molar-refractivity contribution in [3.63, 3.8) is 0 Å². The molecule has 0 heterocycles. The van der Waals surface area contributed by atoms with Crippen molar-refractivity contribution >= 4 is 23.1 Å². The Hall–Kier alpha value is -2.84. The van der Waals surface area contributed by atoms with E-state index in [1.165, 1.54) is 6.92 Å². The van der Waals surface area contributed by atoms with Crippen molar-refractivity contribution in [2.45, 2.75) is 19.8 Å². The maximum absolute atomic E-state index is 11.8. The molecule has 0 bridgehead atoms. The summed E-state index contributed by atoms with van der Waals surface area (Å²) in [5.41, 5.74) is -1.40. The highest BCUT2D eigenvalue weighted by atomic mass is 16.6. The van der Waals surface area contributed by atoms with Crippen molar-refractivity contribution in [2.75, 3.05) is 6.61 Å². The fourth-order valence-corrected chi connectivity index (χ4v) is 1.79. The van der Waals surface area contributed by atoms with Crippen LogP contribution in [0.1, 0.15) is 25.3 Å². The number of nitro groups is 2. The van der Waals surface area contributed by atoms with Gasteiger partial charge in [-0.2, -0.15) is 0 Å². The molecule has 9 heteroatoms. The number of carbonyl (C=O) groups excluding carboxylic acids is 2. The number of rotatable bonds is 6. The Bertz CT molecular complexity index is 612. The molecule has 0 saturated carbocycles. The van der Waals surface area contributed by atoms with E-state index in [9.17, 15) is 29.8 Å². The monoisotopic (exact) mass is 296 g/mol. The van der Waals surface area contributed by atoms with Gasteiger partial charge in [-0.05, 0) is 19.9 Å². The summed E-state index contributed by atoms with van der Waals surface area (Å²) < 4.78 is 4.72. The van der Waals surface area contributed by atoms with Crippen molar-refractivity contribution in [1.82, 2.24) is 0 Å². The Balaban J connectivity index is 3.44. The molecule has 112 valence electrons. The molecule has 0 spiro atoms. The first-order valence-electron chi connectivity index (χ1n) is 5.89. The summed E-state index contributed by atoms with van der Waals surface area (Å²) in [4.78, 5) is 43.4. The van der Waals surface area contributed by atoms with Crippen LogP contribution in [-0.4, -0.2) is 28.2 Å². The maximum Gasteiger partial charge on any atom is 0.321 e. The predicted octanol–water partition coefficient (Wildman–Crippen LogP) is 1.74. The van der Waals surface area contributed by atoms with Crippen molar-refractivity contribution in [1.29, 1.82) is 0 Å². The van der Waals surface area contributed by atoms with Crippen LogP contribution < -0.4 is 0 Å². The summed E-state index contributed by atoms with van der Waals surface area (Å²) in [6.07, 6.45) is 0. The molecule has 0 aliphatic heterocycles. The molecule has 0 N–H and O–H groups in total. The third kappa shape index (κ3) is 3.59. The van der Waals surface area contributed by atoms with Gasteiger partial charge in [-0.3, -0.25) is 29.8 Å². The van der Waals surface area contributed by atoms with Gasteiger partial charge in [0.2, 0.25) is 0 Å². The van der Waals surface area contributed by atoms with Crippen LogP contribution in [0.2, 0.25) is 0 Å². The molecular weight excluding hydrogens is 284 g/mol. The van der Waals surface area contributed by atoms with Crippen LogP contribution in [0.3, 0.4) is 0 Å². The quantitative estimate of drug-likeness (QED) is 0.338. The smallest absolute Gasteiger partial charge is 0.321 e. The Morgan fingerprint density at radius 1 is 1.24 bits per heavy atom. The van der Waals surface area contributed by atoms with Crippen molar-refractivity contribution in [3.05, 3.63) is 44.0 Å². The van der Waals surface area contributed by atoms with Crippen LogP contribution in [0.25, 0.3) is 0 Å². The number of nitro benzene ring substituents is 2. The standard InChI is InChI=1S/C12H12N2O7/c1-3-21-12(16)11(7(2)15)9-5-4-8(13(17)18)6-10(9)14(19)20/h4-6,11H,3H2,1-2H3/t11-/m0/s1. The van der Waals surface area contributed by atoms with Crippen molar-refractivity contribution in [2.24, 2.45) is 0 Å².